The first-order chi connectivity index (χ1) is 16.7. The predicted molar refractivity (Wildman–Crippen MR) is 132 cm³/mol. The van der Waals surface area contributed by atoms with Crippen LogP contribution in [0.1, 0.15) is 17.1 Å². The molecule has 5 aromatic rings. The summed E-state index contributed by atoms with van der Waals surface area (Å²) in [7, 11) is 0. The zero-order chi connectivity index (χ0) is 23.3. The number of H-pyrrole nitrogens is 1. The topological polar surface area (TPSA) is 91.8 Å². The minimum Gasteiger partial charge on any atom is -0.331 e. The van der Waals surface area contributed by atoms with Crippen LogP contribution in [0.2, 0.25) is 0 Å². The second-order valence-corrected chi connectivity index (χ2v) is 8.66. The lowest BCUT2D eigenvalue weighted by Gasteiger charge is -2.22. The van der Waals surface area contributed by atoms with Gasteiger partial charge in [-0.15, -0.1) is 11.3 Å². The van der Waals surface area contributed by atoms with Crippen molar-refractivity contribution >= 4 is 28.1 Å². The Kier molecular flexibility index (Phi) is 6.22. The Morgan fingerprint density at radius 1 is 0.912 bits per heavy atom. The fraction of sp³-hybridized carbons (Fsp3) is 0.115. The summed E-state index contributed by atoms with van der Waals surface area (Å²) in [4.78, 5) is 43.9. The minimum atomic E-state index is -0.216. The first kappa shape index (κ1) is 21.7. The van der Waals surface area contributed by atoms with E-state index in [4.69, 9.17) is 0 Å². The van der Waals surface area contributed by atoms with Crippen LogP contribution in [0.3, 0.4) is 0 Å². The SMILES string of the molecule is O=C(Cc1csc(-c2ccccn2)n1)N(Cc1ccccc1)Cc1nc2ccccc2c(=O)[nH]1. The van der Waals surface area contributed by atoms with Crippen LogP contribution in [0.5, 0.6) is 0 Å². The summed E-state index contributed by atoms with van der Waals surface area (Å²) < 4.78 is 0. The number of pyridine rings is 1. The van der Waals surface area contributed by atoms with E-state index in [0.717, 1.165) is 16.3 Å². The van der Waals surface area contributed by atoms with Crippen molar-refractivity contribution in [3.8, 4) is 10.7 Å². The molecular weight excluding hydrogens is 446 g/mol. The van der Waals surface area contributed by atoms with Crippen molar-refractivity contribution < 1.29 is 4.79 Å². The van der Waals surface area contributed by atoms with Crippen molar-refractivity contribution in [3.05, 3.63) is 112 Å². The highest BCUT2D eigenvalue weighted by Gasteiger charge is 2.19. The molecule has 168 valence electrons. The molecule has 3 aromatic heterocycles. The van der Waals surface area contributed by atoms with Gasteiger partial charge < -0.3 is 9.88 Å². The quantitative estimate of drug-likeness (QED) is 0.387. The number of hydrogen-bond acceptors (Lipinski definition) is 6. The second-order valence-electron chi connectivity index (χ2n) is 7.80. The first-order valence-corrected chi connectivity index (χ1v) is 11.7. The Morgan fingerprint density at radius 2 is 1.71 bits per heavy atom. The second kappa shape index (κ2) is 9.76. The maximum Gasteiger partial charge on any atom is 0.258 e. The van der Waals surface area contributed by atoms with E-state index in [0.29, 0.717) is 29.0 Å². The fourth-order valence-electron chi connectivity index (χ4n) is 3.69. The highest BCUT2D eigenvalue weighted by atomic mass is 32.1. The smallest absolute Gasteiger partial charge is 0.258 e. The van der Waals surface area contributed by atoms with E-state index >= 15 is 0 Å². The highest BCUT2D eigenvalue weighted by molar-refractivity contribution is 7.13. The van der Waals surface area contributed by atoms with Crippen molar-refractivity contribution in [1.29, 1.82) is 0 Å². The van der Waals surface area contributed by atoms with Crippen LogP contribution in [-0.2, 0) is 24.3 Å². The van der Waals surface area contributed by atoms with Gasteiger partial charge in [-0.25, -0.2) is 9.97 Å². The molecule has 0 aliphatic carbocycles. The number of fused-ring (bicyclic) bond motifs is 1. The largest absolute Gasteiger partial charge is 0.331 e. The zero-order valence-corrected chi connectivity index (χ0v) is 19.0. The summed E-state index contributed by atoms with van der Waals surface area (Å²) in [6.45, 7) is 0.582. The molecule has 0 aliphatic heterocycles. The number of aromatic amines is 1. The van der Waals surface area contributed by atoms with Crippen molar-refractivity contribution in [2.45, 2.75) is 19.5 Å². The maximum absolute atomic E-state index is 13.4. The molecular formula is C26H21N5O2S. The Labute approximate surface area is 199 Å². The van der Waals surface area contributed by atoms with Gasteiger partial charge in [0, 0.05) is 18.1 Å². The molecule has 1 amide bonds. The van der Waals surface area contributed by atoms with Gasteiger partial charge >= 0.3 is 0 Å². The van der Waals surface area contributed by atoms with E-state index in [-0.39, 0.29) is 24.4 Å². The molecule has 8 heteroatoms. The zero-order valence-electron chi connectivity index (χ0n) is 18.2. The van der Waals surface area contributed by atoms with Gasteiger partial charge in [-0.1, -0.05) is 48.5 Å². The van der Waals surface area contributed by atoms with Crippen molar-refractivity contribution in [2.24, 2.45) is 0 Å². The van der Waals surface area contributed by atoms with Gasteiger partial charge in [-0.3, -0.25) is 14.6 Å². The standard InChI is InChI=1S/C26H21N5O2S/c32-24(14-19-17-34-26(28-19)22-12-6-7-13-27-22)31(15-18-8-2-1-3-9-18)16-23-29-21-11-5-4-10-20(21)25(33)30-23/h1-13,17H,14-16H2,(H,29,30,33). The summed E-state index contributed by atoms with van der Waals surface area (Å²) in [6.07, 6.45) is 1.87. The Bertz CT molecular complexity index is 1480. The van der Waals surface area contributed by atoms with Gasteiger partial charge in [-0.05, 0) is 29.8 Å². The van der Waals surface area contributed by atoms with E-state index in [1.807, 2.05) is 60.0 Å². The van der Waals surface area contributed by atoms with Crippen LogP contribution in [0, 0.1) is 0 Å². The number of para-hydroxylation sites is 1. The number of hydrogen-bond donors (Lipinski definition) is 1. The molecule has 0 fully saturated rings. The highest BCUT2D eigenvalue weighted by Crippen LogP contribution is 2.22. The third kappa shape index (κ3) is 4.92. The van der Waals surface area contributed by atoms with Crippen molar-refractivity contribution in [1.82, 2.24) is 24.8 Å². The van der Waals surface area contributed by atoms with E-state index in [1.54, 1.807) is 29.3 Å². The maximum atomic E-state index is 13.4. The molecule has 3 heterocycles. The number of carbonyl (C=O) groups is 1. The summed E-state index contributed by atoms with van der Waals surface area (Å²) >= 11 is 1.46. The van der Waals surface area contributed by atoms with Crippen LogP contribution in [0.25, 0.3) is 21.6 Å². The van der Waals surface area contributed by atoms with E-state index in [1.165, 1.54) is 11.3 Å². The lowest BCUT2D eigenvalue weighted by molar-refractivity contribution is -0.131. The van der Waals surface area contributed by atoms with Gasteiger partial charge in [0.1, 0.15) is 10.8 Å². The molecule has 2 aromatic carbocycles. The fourth-order valence-corrected chi connectivity index (χ4v) is 4.48. The van der Waals surface area contributed by atoms with Crippen LogP contribution in [-0.4, -0.2) is 30.7 Å². The summed E-state index contributed by atoms with van der Waals surface area (Å²) in [5, 5.41) is 3.19. The van der Waals surface area contributed by atoms with Gasteiger partial charge in [0.15, 0.2) is 0 Å². The molecule has 0 aliphatic rings. The van der Waals surface area contributed by atoms with Gasteiger partial charge in [0.25, 0.3) is 5.56 Å². The van der Waals surface area contributed by atoms with E-state index < -0.39 is 0 Å². The van der Waals surface area contributed by atoms with Crippen molar-refractivity contribution in [2.75, 3.05) is 0 Å². The number of rotatable bonds is 7. The number of thiazole rings is 1. The molecule has 0 saturated carbocycles. The molecule has 1 N–H and O–H groups in total. The number of benzene rings is 2. The average molecular weight is 468 g/mol. The normalized spacial score (nSPS) is 10.9. The van der Waals surface area contributed by atoms with Gasteiger partial charge in [0.2, 0.25) is 5.91 Å². The molecule has 34 heavy (non-hydrogen) atoms. The lowest BCUT2D eigenvalue weighted by Crippen LogP contribution is -2.33. The summed E-state index contributed by atoms with van der Waals surface area (Å²) in [5.74, 6) is 0.345. The monoisotopic (exact) mass is 467 g/mol. The molecule has 0 spiro atoms. The predicted octanol–water partition coefficient (Wildman–Crippen LogP) is 4.21. The summed E-state index contributed by atoms with van der Waals surface area (Å²) in [6, 6.07) is 22.6. The van der Waals surface area contributed by atoms with Crippen LogP contribution < -0.4 is 5.56 Å². The Balaban J connectivity index is 1.40. The Hall–Kier alpha value is -4.17. The lowest BCUT2D eigenvalue weighted by atomic mass is 10.2. The molecule has 0 bridgehead atoms. The van der Waals surface area contributed by atoms with E-state index in [2.05, 4.69) is 19.9 Å². The molecule has 0 radical (unpaired) electrons. The number of nitrogens with one attached hydrogen (secondary N) is 1. The first-order valence-electron chi connectivity index (χ1n) is 10.8. The van der Waals surface area contributed by atoms with Crippen molar-refractivity contribution in [3.63, 3.8) is 0 Å². The average Bonchev–Trinajstić information content (AvgIpc) is 3.33. The number of carbonyl (C=O) groups excluding carboxylic acids is 1. The number of amides is 1. The third-order valence-electron chi connectivity index (χ3n) is 5.34. The molecule has 0 atom stereocenters. The van der Waals surface area contributed by atoms with E-state index in [9.17, 15) is 9.59 Å². The van der Waals surface area contributed by atoms with Gasteiger partial charge in [0.05, 0.1) is 35.3 Å². The van der Waals surface area contributed by atoms with Crippen LogP contribution in [0.4, 0.5) is 0 Å². The van der Waals surface area contributed by atoms with Crippen LogP contribution >= 0.6 is 11.3 Å². The third-order valence-corrected chi connectivity index (χ3v) is 6.25. The summed E-state index contributed by atoms with van der Waals surface area (Å²) in [5.41, 5.74) is 2.85. The van der Waals surface area contributed by atoms with Crippen LogP contribution in [0.15, 0.2) is 89.2 Å². The number of aromatic nitrogens is 4. The molecule has 7 nitrogen and oxygen atoms in total. The minimum absolute atomic E-state index is 0.0995. The Morgan fingerprint density at radius 3 is 2.53 bits per heavy atom. The molecule has 5 rings (SSSR count). The van der Waals surface area contributed by atoms with Gasteiger partial charge in [-0.2, -0.15) is 0 Å². The number of nitrogens with zero attached hydrogens (tertiary/aromatic N) is 4. The molecule has 0 saturated heterocycles. The molecule has 0 unspecified atom stereocenters.